The number of para-hydroxylation sites is 1. The summed E-state index contributed by atoms with van der Waals surface area (Å²) in [6.45, 7) is 0.593. The van der Waals surface area contributed by atoms with Crippen LogP contribution in [0.5, 0.6) is 0 Å². The Hall–Kier alpha value is -3.08. The van der Waals surface area contributed by atoms with Gasteiger partial charge >= 0.3 is 0 Å². The zero-order valence-corrected chi connectivity index (χ0v) is 15.9. The molecule has 1 heterocycles. The molecular formula is C23H25N3O2. The standard InChI is InChI=1S/C23H25N3O2/c24-23(28)17-10-8-16(9-11-17)15-26(19-12-13-19)22(27)7-3-4-18-14-25-21-6-2-1-5-20(18)21/h1-2,5-6,8-11,14,19,25H,3-4,7,12-13,15H2,(H2,24,28). The molecule has 1 aromatic heterocycles. The van der Waals surface area contributed by atoms with Crippen molar-refractivity contribution in [3.63, 3.8) is 0 Å². The molecule has 0 radical (unpaired) electrons. The summed E-state index contributed by atoms with van der Waals surface area (Å²) in [7, 11) is 0. The largest absolute Gasteiger partial charge is 0.366 e. The minimum absolute atomic E-state index is 0.210. The topological polar surface area (TPSA) is 79.2 Å². The Morgan fingerprint density at radius 3 is 2.54 bits per heavy atom. The molecule has 2 aromatic carbocycles. The molecule has 1 aliphatic rings. The van der Waals surface area contributed by atoms with Gasteiger partial charge in [0.25, 0.3) is 0 Å². The maximum absolute atomic E-state index is 12.8. The second kappa shape index (κ2) is 7.89. The third kappa shape index (κ3) is 4.09. The number of rotatable bonds is 8. The first-order valence-electron chi connectivity index (χ1n) is 9.85. The number of nitrogens with one attached hydrogen (secondary N) is 1. The van der Waals surface area contributed by atoms with Gasteiger partial charge in [-0.3, -0.25) is 9.59 Å². The minimum Gasteiger partial charge on any atom is -0.366 e. The lowest BCUT2D eigenvalue weighted by Gasteiger charge is -2.23. The Bertz CT molecular complexity index is 987. The fourth-order valence-corrected chi connectivity index (χ4v) is 3.69. The van der Waals surface area contributed by atoms with Crippen molar-refractivity contribution in [1.82, 2.24) is 9.88 Å². The highest BCUT2D eigenvalue weighted by molar-refractivity contribution is 5.92. The van der Waals surface area contributed by atoms with Gasteiger partial charge in [0.15, 0.2) is 0 Å². The molecule has 28 heavy (non-hydrogen) atoms. The second-order valence-electron chi connectivity index (χ2n) is 7.53. The van der Waals surface area contributed by atoms with Crippen LogP contribution in [0.25, 0.3) is 10.9 Å². The van der Waals surface area contributed by atoms with Crippen LogP contribution in [0.1, 0.15) is 47.2 Å². The van der Waals surface area contributed by atoms with E-state index in [1.165, 1.54) is 10.9 Å². The number of nitrogens with two attached hydrogens (primary N) is 1. The first kappa shape index (κ1) is 18.3. The van der Waals surface area contributed by atoms with E-state index in [4.69, 9.17) is 5.73 Å². The normalized spacial score (nSPS) is 13.6. The average Bonchev–Trinajstić information content (AvgIpc) is 3.47. The smallest absolute Gasteiger partial charge is 0.248 e. The molecule has 0 unspecified atom stereocenters. The molecule has 0 spiro atoms. The number of carbonyl (C=O) groups excluding carboxylic acids is 2. The van der Waals surface area contributed by atoms with E-state index >= 15 is 0 Å². The number of aromatic nitrogens is 1. The first-order valence-corrected chi connectivity index (χ1v) is 9.85. The van der Waals surface area contributed by atoms with Crippen molar-refractivity contribution in [2.75, 3.05) is 0 Å². The van der Waals surface area contributed by atoms with Crippen LogP contribution in [0.3, 0.4) is 0 Å². The molecule has 0 bridgehead atoms. The number of H-pyrrole nitrogens is 1. The molecule has 4 rings (SSSR count). The summed E-state index contributed by atoms with van der Waals surface area (Å²) in [5, 5.41) is 1.24. The van der Waals surface area contributed by atoms with Gasteiger partial charge in [-0.15, -0.1) is 0 Å². The highest BCUT2D eigenvalue weighted by atomic mass is 16.2. The Morgan fingerprint density at radius 2 is 1.82 bits per heavy atom. The number of hydrogen-bond acceptors (Lipinski definition) is 2. The predicted octanol–water partition coefficient (Wildman–Crippen LogP) is 3.78. The van der Waals surface area contributed by atoms with Gasteiger partial charge in [-0.25, -0.2) is 0 Å². The van der Waals surface area contributed by atoms with Crippen molar-refractivity contribution in [3.8, 4) is 0 Å². The number of aromatic amines is 1. The van der Waals surface area contributed by atoms with Crippen molar-refractivity contribution >= 4 is 22.7 Å². The summed E-state index contributed by atoms with van der Waals surface area (Å²) >= 11 is 0. The van der Waals surface area contributed by atoms with Crippen molar-refractivity contribution in [3.05, 3.63) is 71.4 Å². The molecule has 5 nitrogen and oxygen atoms in total. The molecule has 0 aliphatic heterocycles. The summed E-state index contributed by atoms with van der Waals surface area (Å²) in [5.74, 6) is -0.222. The van der Waals surface area contributed by atoms with E-state index in [0.717, 1.165) is 36.8 Å². The molecule has 3 N–H and O–H groups in total. The van der Waals surface area contributed by atoms with Gasteiger partial charge in [-0.2, -0.15) is 0 Å². The lowest BCUT2D eigenvalue weighted by Crippen LogP contribution is -2.32. The van der Waals surface area contributed by atoms with Gasteiger partial charge < -0.3 is 15.6 Å². The third-order valence-corrected chi connectivity index (χ3v) is 5.41. The van der Waals surface area contributed by atoms with Crippen LogP contribution in [-0.2, 0) is 17.8 Å². The molecule has 2 amide bonds. The van der Waals surface area contributed by atoms with Crippen LogP contribution in [0, 0.1) is 0 Å². The molecular weight excluding hydrogens is 350 g/mol. The van der Waals surface area contributed by atoms with E-state index in [9.17, 15) is 9.59 Å². The highest BCUT2D eigenvalue weighted by Gasteiger charge is 2.32. The Balaban J connectivity index is 1.35. The van der Waals surface area contributed by atoms with Crippen molar-refractivity contribution < 1.29 is 9.59 Å². The molecule has 0 atom stereocenters. The molecule has 5 heteroatoms. The predicted molar refractivity (Wildman–Crippen MR) is 110 cm³/mol. The highest BCUT2D eigenvalue weighted by Crippen LogP contribution is 2.29. The average molecular weight is 375 g/mol. The molecule has 1 fully saturated rings. The van der Waals surface area contributed by atoms with Crippen LogP contribution in [0.2, 0.25) is 0 Å². The Morgan fingerprint density at radius 1 is 1.07 bits per heavy atom. The van der Waals surface area contributed by atoms with E-state index < -0.39 is 5.91 Å². The van der Waals surface area contributed by atoms with Gasteiger partial charge in [0.2, 0.25) is 11.8 Å². The minimum atomic E-state index is -0.432. The summed E-state index contributed by atoms with van der Waals surface area (Å²) in [6, 6.07) is 15.8. The van der Waals surface area contributed by atoms with Gasteiger partial charge in [-0.1, -0.05) is 30.3 Å². The second-order valence-corrected chi connectivity index (χ2v) is 7.53. The number of primary amides is 1. The van der Waals surface area contributed by atoms with Gasteiger partial charge in [0.1, 0.15) is 0 Å². The van der Waals surface area contributed by atoms with Crippen LogP contribution in [0.4, 0.5) is 0 Å². The zero-order chi connectivity index (χ0) is 19.5. The maximum Gasteiger partial charge on any atom is 0.248 e. The lowest BCUT2D eigenvalue weighted by molar-refractivity contribution is -0.132. The van der Waals surface area contributed by atoms with Crippen LogP contribution in [0.15, 0.2) is 54.7 Å². The number of benzene rings is 2. The third-order valence-electron chi connectivity index (χ3n) is 5.41. The number of nitrogens with zero attached hydrogens (tertiary/aromatic N) is 1. The fraction of sp³-hybridized carbons (Fsp3) is 0.304. The van der Waals surface area contributed by atoms with Crippen molar-refractivity contribution in [2.24, 2.45) is 5.73 Å². The SMILES string of the molecule is NC(=O)c1ccc(CN(C(=O)CCCc2c[nH]c3ccccc23)C2CC2)cc1. The van der Waals surface area contributed by atoms with E-state index in [0.29, 0.717) is 24.6 Å². The summed E-state index contributed by atoms with van der Waals surface area (Å²) in [4.78, 5) is 29.3. The fourth-order valence-electron chi connectivity index (χ4n) is 3.69. The number of amides is 2. The summed E-state index contributed by atoms with van der Waals surface area (Å²) in [6.07, 6.45) is 6.48. The Kier molecular flexibility index (Phi) is 5.15. The van der Waals surface area contributed by atoms with E-state index in [1.807, 2.05) is 35.4 Å². The molecule has 1 saturated carbocycles. The zero-order valence-electron chi connectivity index (χ0n) is 15.9. The molecule has 144 valence electrons. The van der Waals surface area contributed by atoms with Gasteiger partial charge in [-0.05, 0) is 55.0 Å². The van der Waals surface area contributed by atoms with Gasteiger partial charge in [0.05, 0.1) is 0 Å². The quantitative estimate of drug-likeness (QED) is 0.628. The van der Waals surface area contributed by atoms with E-state index in [2.05, 4.69) is 17.1 Å². The molecule has 3 aromatic rings. The van der Waals surface area contributed by atoms with Crippen molar-refractivity contribution in [2.45, 2.75) is 44.7 Å². The molecule has 0 saturated heterocycles. The monoisotopic (exact) mass is 375 g/mol. The first-order chi connectivity index (χ1) is 13.6. The maximum atomic E-state index is 12.8. The number of hydrogen-bond donors (Lipinski definition) is 2. The summed E-state index contributed by atoms with van der Waals surface area (Å²) < 4.78 is 0. The van der Waals surface area contributed by atoms with Crippen LogP contribution in [-0.4, -0.2) is 27.7 Å². The van der Waals surface area contributed by atoms with Gasteiger partial charge in [0, 0.05) is 41.7 Å². The number of aryl methyl sites for hydroxylation is 1. The van der Waals surface area contributed by atoms with E-state index in [-0.39, 0.29) is 5.91 Å². The number of carbonyl (C=O) groups is 2. The summed E-state index contributed by atoms with van der Waals surface area (Å²) in [5.41, 5.74) is 9.23. The lowest BCUT2D eigenvalue weighted by atomic mass is 10.1. The molecule has 1 aliphatic carbocycles. The van der Waals surface area contributed by atoms with Crippen LogP contribution < -0.4 is 5.73 Å². The Labute approximate surface area is 164 Å². The van der Waals surface area contributed by atoms with E-state index in [1.54, 1.807) is 12.1 Å². The number of fused-ring (bicyclic) bond motifs is 1. The van der Waals surface area contributed by atoms with Crippen molar-refractivity contribution in [1.29, 1.82) is 0 Å². The van der Waals surface area contributed by atoms with Crippen LogP contribution >= 0.6 is 0 Å².